The molecule has 1 saturated carbocycles. The van der Waals surface area contributed by atoms with Gasteiger partial charge in [0.05, 0.1) is 4.92 Å². The third-order valence-electron chi connectivity index (χ3n) is 4.34. The lowest BCUT2D eigenvalue weighted by Crippen LogP contribution is -2.30. The molecular formula is C20H20ClN3O5. The summed E-state index contributed by atoms with van der Waals surface area (Å²) in [4.78, 5) is 34.1. The molecule has 1 fully saturated rings. The summed E-state index contributed by atoms with van der Waals surface area (Å²) in [5.74, 6) is 0.0605. The molecule has 1 aliphatic carbocycles. The van der Waals surface area contributed by atoms with Crippen molar-refractivity contribution in [3.63, 3.8) is 0 Å². The molecule has 3 rings (SSSR count). The Bertz CT molecular complexity index is 913. The average Bonchev–Trinajstić information content (AvgIpc) is 3.51. The number of ether oxygens (including phenoxy) is 1. The molecular weight excluding hydrogens is 398 g/mol. The number of carbonyl (C=O) groups is 2. The predicted molar refractivity (Wildman–Crippen MR) is 107 cm³/mol. The first-order chi connectivity index (χ1) is 13.9. The van der Waals surface area contributed by atoms with Crippen LogP contribution in [0, 0.1) is 10.1 Å². The van der Waals surface area contributed by atoms with Gasteiger partial charge in [0, 0.05) is 24.2 Å². The second-order valence-corrected chi connectivity index (χ2v) is 7.11. The van der Waals surface area contributed by atoms with Crippen LogP contribution in [0.1, 0.15) is 28.8 Å². The first-order valence-corrected chi connectivity index (χ1v) is 9.53. The summed E-state index contributed by atoms with van der Waals surface area (Å²) in [6.45, 7) is 0.346. The largest absolute Gasteiger partial charge is 0.484 e. The van der Waals surface area contributed by atoms with Crippen LogP contribution in [0.15, 0.2) is 42.5 Å². The van der Waals surface area contributed by atoms with Gasteiger partial charge in [-0.1, -0.05) is 23.7 Å². The minimum Gasteiger partial charge on any atom is -0.484 e. The lowest BCUT2D eigenvalue weighted by atomic mass is 10.1. The van der Waals surface area contributed by atoms with E-state index in [-0.39, 0.29) is 28.8 Å². The van der Waals surface area contributed by atoms with E-state index in [0.29, 0.717) is 24.8 Å². The smallest absolute Gasteiger partial charge is 0.288 e. The Labute approximate surface area is 172 Å². The van der Waals surface area contributed by atoms with Gasteiger partial charge in [-0.3, -0.25) is 19.7 Å². The maximum absolute atomic E-state index is 12.2. The van der Waals surface area contributed by atoms with Gasteiger partial charge in [-0.2, -0.15) is 0 Å². The Balaban J connectivity index is 1.44. The van der Waals surface area contributed by atoms with Crippen molar-refractivity contribution in [3.8, 4) is 5.75 Å². The van der Waals surface area contributed by atoms with Crippen molar-refractivity contribution in [2.45, 2.75) is 25.3 Å². The van der Waals surface area contributed by atoms with Crippen molar-refractivity contribution >= 4 is 29.1 Å². The third kappa shape index (κ3) is 6.18. The van der Waals surface area contributed by atoms with Gasteiger partial charge in [-0.15, -0.1) is 0 Å². The van der Waals surface area contributed by atoms with Crippen LogP contribution in [0.3, 0.4) is 0 Å². The number of nitrogens with zero attached hydrogens (tertiary/aromatic N) is 1. The van der Waals surface area contributed by atoms with Crippen LogP contribution in [0.2, 0.25) is 5.02 Å². The Kier molecular flexibility index (Phi) is 6.66. The molecule has 0 unspecified atom stereocenters. The lowest BCUT2D eigenvalue weighted by Gasteiger charge is -2.08. The molecule has 2 amide bonds. The molecule has 29 heavy (non-hydrogen) atoms. The fourth-order valence-electron chi connectivity index (χ4n) is 2.61. The maximum Gasteiger partial charge on any atom is 0.288 e. The second-order valence-electron chi connectivity index (χ2n) is 6.70. The average molecular weight is 418 g/mol. The minimum absolute atomic E-state index is 0.0147. The van der Waals surface area contributed by atoms with E-state index in [2.05, 4.69) is 10.6 Å². The monoisotopic (exact) mass is 417 g/mol. The number of amides is 2. The summed E-state index contributed by atoms with van der Waals surface area (Å²) in [6.07, 6.45) is 2.64. The van der Waals surface area contributed by atoms with Crippen LogP contribution in [-0.2, 0) is 11.2 Å². The van der Waals surface area contributed by atoms with Gasteiger partial charge >= 0.3 is 0 Å². The summed E-state index contributed by atoms with van der Waals surface area (Å²) in [5, 5.41) is 16.5. The molecule has 2 N–H and O–H groups in total. The van der Waals surface area contributed by atoms with Crippen molar-refractivity contribution in [3.05, 3.63) is 68.7 Å². The molecule has 0 aromatic heterocycles. The van der Waals surface area contributed by atoms with E-state index >= 15 is 0 Å². The fraction of sp³-hybridized carbons (Fsp3) is 0.300. The molecule has 152 valence electrons. The van der Waals surface area contributed by atoms with Gasteiger partial charge < -0.3 is 15.4 Å². The highest BCUT2D eigenvalue weighted by Crippen LogP contribution is 2.25. The van der Waals surface area contributed by atoms with Gasteiger partial charge in [0.2, 0.25) is 0 Å². The Morgan fingerprint density at radius 1 is 1.17 bits per heavy atom. The van der Waals surface area contributed by atoms with E-state index in [1.54, 1.807) is 12.1 Å². The highest BCUT2D eigenvalue weighted by Gasteiger charge is 2.23. The predicted octanol–water partition coefficient (Wildman–Crippen LogP) is 2.88. The van der Waals surface area contributed by atoms with Crippen LogP contribution in [0.25, 0.3) is 0 Å². The summed E-state index contributed by atoms with van der Waals surface area (Å²) >= 11 is 5.75. The molecule has 0 heterocycles. The summed E-state index contributed by atoms with van der Waals surface area (Å²) in [7, 11) is 0. The summed E-state index contributed by atoms with van der Waals surface area (Å²) < 4.78 is 5.44. The van der Waals surface area contributed by atoms with Crippen molar-refractivity contribution < 1.29 is 19.2 Å². The first-order valence-electron chi connectivity index (χ1n) is 9.15. The number of carbonyl (C=O) groups excluding carboxylic acids is 2. The highest BCUT2D eigenvalue weighted by atomic mass is 35.5. The highest BCUT2D eigenvalue weighted by molar-refractivity contribution is 6.32. The second kappa shape index (κ2) is 9.38. The SMILES string of the molecule is O=C(COc1ccc(CCNC(=O)c2ccc(Cl)c([N+](=O)[O-])c2)cc1)NC1CC1. The van der Waals surface area contributed by atoms with E-state index < -0.39 is 10.8 Å². The number of nitro benzene ring substituents is 1. The van der Waals surface area contributed by atoms with Gasteiger partial charge in [0.15, 0.2) is 6.61 Å². The van der Waals surface area contributed by atoms with Crippen LogP contribution in [0.5, 0.6) is 5.75 Å². The molecule has 0 radical (unpaired) electrons. The number of hydrogen-bond donors (Lipinski definition) is 2. The molecule has 0 saturated heterocycles. The maximum atomic E-state index is 12.2. The zero-order valence-corrected chi connectivity index (χ0v) is 16.3. The van der Waals surface area contributed by atoms with Crippen molar-refractivity contribution in [1.82, 2.24) is 10.6 Å². The number of rotatable bonds is 9. The Morgan fingerprint density at radius 3 is 2.55 bits per heavy atom. The van der Waals surface area contributed by atoms with E-state index in [9.17, 15) is 19.7 Å². The van der Waals surface area contributed by atoms with Crippen LogP contribution in [0.4, 0.5) is 5.69 Å². The summed E-state index contributed by atoms with van der Waals surface area (Å²) in [5.41, 5.74) is 0.845. The molecule has 8 nitrogen and oxygen atoms in total. The van der Waals surface area contributed by atoms with Crippen LogP contribution >= 0.6 is 11.6 Å². The minimum atomic E-state index is -0.627. The van der Waals surface area contributed by atoms with Gasteiger partial charge in [0.1, 0.15) is 10.8 Å². The topological polar surface area (TPSA) is 111 Å². The van der Waals surface area contributed by atoms with Gasteiger partial charge in [-0.25, -0.2) is 0 Å². The van der Waals surface area contributed by atoms with E-state index in [0.717, 1.165) is 24.5 Å². The zero-order valence-electron chi connectivity index (χ0n) is 15.5. The van der Waals surface area contributed by atoms with Crippen molar-refractivity contribution in [2.75, 3.05) is 13.2 Å². The molecule has 1 aliphatic rings. The number of benzene rings is 2. The number of nitrogens with one attached hydrogen (secondary N) is 2. The molecule has 0 aliphatic heterocycles. The molecule has 0 spiro atoms. The third-order valence-corrected chi connectivity index (χ3v) is 4.66. The number of hydrogen-bond acceptors (Lipinski definition) is 5. The molecule has 0 bridgehead atoms. The van der Waals surface area contributed by atoms with E-state index in [4.69, 9.17) is 16.3 Å². The fourth-order valence-corrected chi connectivity index (χ4v) is 2.80. The van der Waals surface area contributed by atoms with Gasteiger partial charge in [-0.05, 0) is 49.1 Å². The lowest BCUT2D eigenvalue weighted by molar-refractivity contribution is -0.384. The number of halogens is 1. The molecule has 9 heteroatoms. The molecule has 0 atom stereocenters. The van der Waals surface area contributed by atoms with Crippen molar-refractivity contribution in [2.24, 2.45) is 0 Å². The zero-order chi connectivity index (χ0) is 20.8. The Hall–Kier alpha value is -3.13. The van der Waals surface area contributed by atoms with E-state index in [1.807, 2.05) is 12.1 Å². The molecule has 2 aromatic rings. The molecule has 2 aromatic carbocycles. The normalized spacial score (nSPS) is 12.9. The number of nitro groups is 1. The quantitative estimate of drug-likeness (QED) is 0.481. The standard InChI is InChI=1S/C20H20ClN3O5/c21-17-8-3-14(11-18(17)24(27)28)20(26)22-10-9-13-1-6-16(7-2-13)29-12-19(25)23-15-4-5-15/h1-3,6-8,11,15H,4-5,9-10,12H2,(H,22,26)(H,23,25). The van der Waals surface area contributed by atoms with E-state index in [1.165, 1.54) is 12.1 Å². The van der Waals surface area contributed by atoms with Crippen LogP contribution in [-0.4, -0.2) is 35.9 Å². The van der Waals surface area contributed by atoms with Crippen molar-refractivity contribution in [1.29, 1.82) is 0 Å². The Morgan fingerprint density at radius 2 is 1.90 bits per heavy atom. The summed E-state index contributed by atoms with van der Waals surface area (Å²) in [6, 6.07) is 11.5. The first kappa shape index (κ1) is 20.6. The van der Waals surface area contributed by atoms with Crippen LogP contribution < -0.4 is 15.4 Å². The van der Waals surface area contributed by atoms with Gasteiger partial charge in [0.25, 0.3) is 17.5 Å².